The quantitative estimate of drug-likeness (QED) is 0.718. The monoisotopic (exact) mass is 325 g/mol. The van der Waals surface area contributed by atoms with Gasteiger partial charge in [0.05, 0.1) is 17.6 Å². The summed E-state index contributed by atoms with van der Waals surface area (Å²) in [5, 5.41) is 13.9. The summed E-state index contributed by atoms with van der Waals surface area (Å²) in [5.41, 5.74) is 8.02. The molecule has 0 bridgehead atoms. The van der Waals surface area contributed by atoms with E-state index in [9.17, 15) is 9.59 Å². The van der Waals surface area contributed by atoms with Gasteiger partial charge in [0.25, 0.3) is 0 Å². The number of carbonyl (C=O) groups is 2. The third-order valence-electron chi connectivity index (χ3n) is 3.57. The lowest BCUT2D eigenvalue weighted by Gasteiger charge is -2.03. The first kappa shape index (κ1) is 15.6. The third-order valence-corrected chi connectivity index (χ3v) is 3.57. The van der Waals surface area contributed by atoms with Crippen LogP contribution >= 0.6 is 0 Å². The van der Waals surface area contributed by atoms with Crippen molar-refractivity contribution in [1.29, 1.82) is 0 Å². The van der Waals surface area contributed by atoms with E-state index in [0.29, 0.717) is 22.4 Å². The zero-order valence-corrected chi connectivity index (χ0v) is 12.9. The number of amides is 1. The summed E-state index contributed by atoms with van der Waals surface area (Å²) < 4.78 is 1.35. The van der Waals surface area contributed by atoms with Crippen LogP contribution in [0.4, 0.5) is 0 Å². The van der Waals surface area contributed by atoms with Gasteiger partial charge in [-0.1, -0.05) is 6.07 Å². The lowest BCUT2D eigenvalue weighted by atomic mass is 10.0. The van der Waals surface area contributed by atoms with Crippen LogP contribution in [0.3, 0.4) is 0 Å². The highest BCUT2D eigenvalue weighted by atomic mass is 16.4. The number of rotatable bonds is 5. The Kier molecular flexibility index (Phi) is 3.95. The number of aryl methyl sites for hydroxylation is 1. The fourth-order valence-electron chi connectivity index (χ4n) is 2.51. The molecule has 0 fully saturated rings. The Labute approximate surface area is 136 Å². The summed E-state index contributed by atoms with van der Waals surface area (Å²) in [5.74, 6) is -0.870. The molecule has 1 aromatic carbocycles. The summed E-state index contributed by atoms with van der Waals surface area (Å²) in [6, 6.07) is 5.45. The van der Waals surface area contributed by atoms with Crippen LogP contribution < -0.4 is 5.73 Å². The minimum Gasteiger partial charge on any atom is -0.480 e. The molecule has 122 valence electrons. The summed E-state index contributed by atoms with van der Waals surface area (Å²) in [6.07, 6.45) is 3.36. The highest BCUT2D eigenvalue weighted by Crippen LogP contribution is 2.26. The van der Waals surface area contributed by atoms with E-state index in [1.165, 1.54) is 4.68 Å². The minimum absolute atomic E-state index is 0.0586. The number of nitrogens with zero attached hydrogens (tertiary/aromatic N) is 4. The minimum atomic E-state index is -1.01. The van der Waals surface area contributed by atoms with E-state index in [-0.39, 0.29) is 13.0 Å². The van der Waals surface area contributed by atoms with Crippen molar-refractivity contribution in [2.75, 3.05) is 0 Å². The molecule has 0 saturated carbocycles. The van der Waals surface area contributed by atoms with Crippen molar-refractivity contribution in [3.8, 4) is 11.1 Å². The number of benzene rings is 1. The number of carbonyl (C=O) groups excluding carboxylic acids is 1. The molecule has 3 N–H and O–H groups in total. The molecule has 3 rings (SSSR count). The van der Waals surface area contributed by atoms with E-state index >= 15 is 0 Å². The Bertz CT molecular complexity index is 931. The Morgan fingerprint density at radius 1 is 1.21 bits per heavy atom. The van der Waals surface area contributed by atoms with Gasteiger partial charge in [0.15, 0.2) is 0 Å². The summed E-state index contributed by atoms with van der Waals surface area (Å²) in [7, 11) is 0. The number of carboxylic acids is 1. The van der Waals surface area contributed by atoms with Crippen molar-refractivity contribution >= 4 is 22.8 Å². The molecule has 0 aliphatic carbocycles. The van der Waals surface area contributed by atoms with Crippen LogP contribution in [-0.2, 0) is 22.6 Å². The number of aliphatic carboxylic acids is 1. The van der Waals surface area contributed by atoms with Crippen molar-refractivity contribution < 1.29 is 14.7 Å². The molecule has 2 heterocycles. The standard InChI is InChI=1S/C16H15N5O3/c1-9-18-6-11(7-19-9)10-2-3-14-12(4-10)13(5-15(17)22)20-21(14)8-16(23)24/h2-4,6-7H,5,8H2,1H3,(H2,17,22)(H,23,24). The molecule has 24 heavy (non-hydrogen) atoms. The predicted octanol–water partition coefficient (Wildman–Crippen LogP) is 0.914. The van der Waals surface area contributed by atoms with Gasteiger partial charge in [0.1, 0.15) is 12.4 Å². The van der Waals surface area contributed by atoms with E-state index < -0.39 is 11.9 Å². The smallest absolute Gasteiger partial charge is 0.325 e. The molecule has 2 aromatic heterocycles. The fourth-order valence-corrected chi connectivity index (χ4v) is 2.51. The average molecular weight is 325 g/mol. The van der Waals surface area contributed by atoms with Crippen LogP contribution in [0.1, 0.15) is 11.5 Å². The predicted molar refractivity (Wildman–Crippen MR) is 86.0 cm³/mol. The molecule has 1 amide bonds. The van der Waals surface area contributed by atoms with Crippen LogP contribution in [0.5, 0.6) is 0 Å². The largest absolute Gasteiger partial charge is 0.480 e. The second-order valence-corrected chi connectivity index (χ2v) is 5.39. The van der Waals surface area contributed by atoms with Crippen LogP contribution in [0, 0.1) is 6.92 Å². The van der Waals surface area contributed by atoms with E-state index in [0.717, 1.165) is 11.1 Å². The van der Waals surface area contributed by atoms with Crippen molar-refractivity contribution in [2.45, 2.75) is 19.9 Å². The molecule has 0 radical (unpaired) electrons. The molecule has 0 spiro atoms. The topological polar surface area (TPSA) is 124 Å². The zero-order chi connectivity index (χ0) is 17.3. The molecular formula is C16H15N5O3. The molecule has 0 saturated heterocycles. The van der Waals surface area contributed by atoms with E-state index in [2.05, 4.69) is 15.1 Å². The number of primary amides is 1. The molecule has 3 aromatic rings. The second-order valence-electron chi connectivity index (χ2n) is 5.39. The molecule has 0 aliphatic rings. The van der Waals surface area contributed by atoms with Crippen LogP contribution in [-0.4, -0.2) is 36.7 Å². The lowest BCUT2D eigenvalue weighted by Crippen LogP contribution is -2.15. The molecule has 0 aliphatic heterocycles. The maximum atomic E-state index is 11.3. The lowest BCUT2D eigenvalue weighted by molar-refractivity contribution is -0.137. The summed E-state index contributed by atoms with van der Waals surface area (Å²) >= 11 is 0. The number of fused-ring (bicyclic) bond motifs is 1. The van der Waals surface area contributed by atoms with Gasteiger partial charge in [0.2, 0.25) is 5.91 Å². The van der Waals surface area contributed by atoms with Gasteiger partial charge < -0.3 is 10.8 Å². The van der Waals surface area contributed by atoms with Gasteiger partial charge in [-0.3, -0.25) is 14.3 Å². The SMILES string of the molecule is Cc1ncc(-c2ccc3c(c2)c(CC(N)=O)nn3CC(=O)O)cn1. The van der Waals surface area contributed by atoms with Gasteiger partial charge in [-0.25, -0.2) is 9.97 Å². The first-order valence-corrected chi connectivity index (χ1v) is 7.22. The zero-order valence-electron chi connectivity index (χ0n) is 12.9. The Morgan fingerprint density at radius 3 is 2.54 bits per heavy atom. The maximum Gasteiger partial charge on any atom is 0.325 e. The maximum absolute atomic E-state index is 11.3. The second kappa shape index (κ2) is 6.07. The summed E-state index contributed by atoms with van der Waals surface area (Å²) in [4.78, 5) is 30.6. The Morgan fingerprint density at radius 2 is 1.92 bits per heavy atom. The number of hydrogen-bond donors (Lipinski definition) is 2. The first-order valence-electron chi connectivity index (χ1n) is 7.22. The van der Waals surface area contributed by atoms with Crippen LogP contribution in [0.2, 0.25) is 0 Å². The Balaban J connectivity index is 2.14. The normalized spacial score (nSPS) is 10.9. The van der Waals surface area contributed by atoms with Gasteiger partial charge in [-0.2, -0.15) is 5.10 Å². The number of hydrogen-bond acceptors (Lipinski definition) is 5. The van der Waals surface area contributed by atoms with Crippen molar-refractivity contribution in [1.82, 2.24) is 19.7 Å². The number of aromatic nitrogens is 4. The van der Waals surface area contributed by atoms with Crippen molar-refractivity contribution in [2.24, 2.45) is 5.73 Å². The molecule has 8 heteroatoms. The highest BCUT2D eigenvalue weighted by molar-refractivity contribution is 5.90. The van der Waals surface area contributed by atoms with E-state index in [1.807, 2.05) is 12.1 Å². The van der Waals surface area contributed by atoms with Gasteiger partial charge >= 0.3 is 5.97 Å². The van der Waals surface area contributed by atoms with E-state index in [1.54, 1.807) is 25.4 Å². The van der Waals surface area contributed by atoms with Crippen LogP contribution in [0.15, 0.2) is 30.6 Å². The van der Waals surface area contributed by atoms with Crippen molar-refractivity contribution in [3.63, 3.8) is 0 Å². The van der Waals surface area contributed by atoms with Gasteiger partial charge in [-0.05, 0) is 24.6 Å². The summed E-state index contributed by atoms with van der Waals surface area (Å²) in [6.45, 7) is 1.51. The number of carboxylic acid groups (broad SMARTS) is 1. The molecule has 0 atom stereocenters. The van der Waals surface area contributed by atoms with Gasteiger partial charge in [-0.15, -0.1) is 0 Å². The molecule has 0 unspecified atom stereocenters. The Hall–Kier alpha value is -3.29. The average Bonchev–Trinajstić information content (AvgIpc) is 2.84. The number of nitrogens with two attached hydrogens (primary N) is 1. The highest BCUT2D eigenvalue weighted by Gasteiger charge is 2.15. The fraction of sp³-hybridized carbons (Fsp3) is 0.188. The molecule has 8 nitrogen and oxygen atoms in total. The van der Waals surface area contributed by atoms with Crippen molar-refractivity contribution in [3.05, 3.63) is 42.1 Å². The van der Waals surface area contributed by atoms with E-state index in [4.69, 9.17) is 10.8 Å². The molecular weight excluding hydrogens is 310 g/mol. The van der Waals surface area contributed by atoms with Crippen LogP contribution in [0.25, 0.3) is 22.0 Å². The third kappa shape index (κ3) is 3.07. The first-order chi connectivity index (χ1) is 11.4. The van der Waals surface area contributed by atoms with Gasteiger partial charge in [0, 0.05) is 23.3 Å².